The van der Waals surface area contributed by atoms with Crippen molar-refractivity contribution in [2.45, 2.75) is 53.3 Å². The van der Waals surface area contributed by atoms with Gasteiger partial charge < -0.3 is 14.6 Å². The first-order valence-electron chi connectivity index (χ1n) is 11.8. The van der Waals surface area contributed by atoms with Crippen molar-refractivity contribution >= 4 is 28.4 Å². The molecule has 0 saturated carbocycles. The van der Waals surface area contributed by atoms with Crippen LogP contribution in [0.2, 0.25) is 0 Å². The number of ether oxygens (including phenoxy) is 1. The van der Waals surface area contributed by atoms with E-state index in [1.165, 1.54) is 0 Å². The smallest absolute Gasteiger partial charge is 0.407 e. The predicted octanol–water partition coefficient (Wildman–Crippen LogP) is 5.16. The minimum absolute atomic E-state index is 0.106. The molecular weight excluding hydrogens is 476 g/mol. The van der Waals surface area contributed by atoms with E-state index in [2.05, 4.69) is 14.7 Å². The van der Waals surface area contributed by atoms with Gasteiger partial charge in [-0.15, -0.1) is 0 Å². The second kappa shape index (κ2) is 10.1. The second-order valence-corrected chi connectivity index (χ2v) is 10.8. The van der Waals surface area contributed by atoms with Crippen molar-refractivity contribution in [1.29, 1.82) is 0 Å². The SMILES string of the molecule is CC(C)Cn1c(CNC(=O)OC(C)(C)C)c(-c2ccccc2)c2cc(-c3nsc(=O)[nH]3)ccc2c1=O. The van der Waals surface area contributed by atoms with E-state index in [9.17, 15) is 14.4 Å². The molecule has 0 aliphatic carbocycles. The Morgan fingerprint density at radius 3 is 2.42 bits per heavy atom. The molecule has 0 spiro atoms. The zero-order valence-corrected chi connectivity index (χ0v) is 21.9. The summed E-state index contributed by atoms with van der Waals surface area (Å²) in [6, 6.07) is 15.2. The number of carbonyl (C=O) groups excluding carboxylic acids is 1. The summed E-state index contributed by atoms with van der Waals surface area (Å²) in [5, 5.41) is 4.12. The third kappa shape index (κ3) is 5.57. The maximum atomic E-state index is 13.7. The van der Waals surface area contributed by atoms with Crippen LogP contribution in [0.4, 0.5) is 4.79 Å². The van der Waals surface area contributed by atoms with Crippen LogP contribution in [0.25, 0.3) is 33.3 Å². The Kier molecular flexibility index (Phi) is 7.12. The van der Waals surface area contributed by atoms with Gasteiger partial charge in [-0.3, -0.25) is 14.6 Å². The van der Waals surface area contributed by atoms with Gasteiger partial charge >= 0.3 is 11.0 Å². The topological polar surface area (TPSA) is 106 Å². The lowest BCUT2D eigenvalue weighted by molar-refractivity contribution is 0.0522. The number of pyridine rings is 1. The van der Waals surface area contributed by atoms with Crippen molar-refractivity contribution in [3.8, 4) is 22.5 Å². The minimum atomic E-state index is -0.646. The molecule has 0 saturated heterocycles. The number of alkyl carbamates (subject to hydrolysis) is 1. The van der Waals surface area contributed by atoms with Gasteiger partial charge in [0.05, 0.1) is 6.54 Å². The van der Waals surface area contributed by atoms with E-state index in [1.54, 1.807) is 37.5 Å². The lowest BCUT2D eigenvalue weighted by atomic mass is 9.94. The standard InChI is InChI=1S/C27H30N4O4S/c1-16(2)15-31-21(14-28-25(33)35-27(3,4)5)22(17-9-7-6-8-10-17)20-13-18(11-12-19(20)24(31)32)23-29-26(34)36-30-23/h6-13,16H,14-15H2,1-5H3,(H,28,33)(H,29,30,34). The summed E-state index contributed by atoms with van der Waals surface area (Å²) in [5.41, 5.74) is 2.34. The van der Waals surface area contributed by atoms with Gasteiger partial charge in [-0.05, 0) is 49.8 Å². The number of H-pyrrole nitrogens is 1. The number of amides is 1. The van der Waals surface area contributed by atoms with Crippen LogP contribution in [-0.4, -0.2) is 25.6 Å². The molecule has 0 radical (unpaired) electrons. The molecule has 2 aromatic heterocycles. The van der Waals surface area contributed by atoms with Crippen molar-refractivity contribution in [3.63, 3.8) is 0 Å². The highest BCUT2D eigenvalue weighted by Crippen LogP contribution is 2.33. The predicted molar refractivity (Wildman–Crippen MR) is 143 cm³/mol. The minimum Gasteiger partial charge on any atom is -0.444 e. The largest absolute Gasteiger partial charge is 0.444 e. The average molecular weight is 507 g/mol. The van der Waals surface area contributed by atoms with Gasteiger partial charge in [0.1, 0.15) is 5.60 Å². The van der Waals surface area contributed by atoms with Gasteiger partial charge in [-0.2, -0.15) is 4.37 Å². The summed E-state index contributed by atoms with van der Waals surface area (Å²) in [6.07, 6.45) is -0.557. The zero-order valence-electron chi connectivity index (χ0n) is 21.0. The molecule has 1 amide bonds. The highest BCUT2D eigenvalue weighted by Gasteiger charge is 2.22. The number of hydrogen-bond donors (Lipinski definition) is 2. The molecule has 0 unspecified atom stereocenters. The fraction of sp³-hybridized carbons (Fsp3) is 0.333. The lowest BCUT2D eigenvalue weighted by Gasteiger charge is -2.23. The Hall–Kier alpha value is -3.72. The third-order valence-corrected chi connectivity index (χ3v) is 6.04. The van der Waals surface area contributed by atoms with E-state index in [4.69, 9.17) is 4.74 Å². The maximum absolute atomic E-state index is 13.7. The Balaban J connectivity index is 1.98. The van der Waals surface area contributed by atoms with E-state index >= 15 is 0 Å². The Morgan fingerprint density at radius 2 is 1.81 bits per heavy atom. The van der Waals surface area contributed by atoms with Crippen LogP contribution in [0.3, 0.4) is 0 Å². The first kappa shape index (κ1) is 25.4. The van der Waals surface area contributed by atoms with Crippen LogP contribution < -0.4 is 15.7 Å². The molecule has 2 heterocycles. The number of fused-ring (bicyclic) bond motifs is 1. The molecule has 188 valence electrons. The molecule has 36 heavy (non-hydrogen) atoms. The van der Waals surface area contributed by atoms with Crippen molar-refractivity contribution in [2.75, 3.05) is 0 Å². The van der Waals surface area contributed by atoms with E-state index in [-0.39, 0.29) is 22.9 Å². The molecule has 8 nitrogen and oxygen atoms in total. The van der Waals surface area contributed by atoms with Gasteiger partial charge in [-0.25, -0.2) is 4.79 Å². The highest BCUT2D eigenvalue weighted by molar-refractivity contribution is 7.03. The molecule has 0 bridgehead atoms. The third-order valence-electron chi connectivity index (χ3n) is 5.50. The summed E-state index contributed by atoms with van der Waals surface area (Å²) >= 11 is 0.848. The molecule has 0 atom stereocenters. The summed E-state index contributed by atoms with van der Waals surface area (Å²) in [7, 11) is 0. The summed E-state index contributed by atoms with van der Waals surface area (Å²) < 4.78 is 11.4. The monoisotopic (exact) mass is 506 g/mol. The number of hydrogen-bond acceptors (Lipinski definition) is 6. The number of aromatic amines is 1. The number of aromatic nitrogens is 3. The molecule has 9 heteroatoms. The van der Waals surface area contributed by atoms with Crippen LogP contribution >= 0.6 is 11.5 Å². The quantitative estimate of drug-likeness (QED) is 0.376. The molecule has 0 aliphatic heterocycles. The van der Waals surface area contributed by atoms with Crippen molar-refractivity contribution in [1.82, 2.24) is 19.2 Å². The highest BCUT2D eigenvalue weighted by atomic mass is 32.1. The van der Waals surface area contributed by atoms with Crippen molar-refractivity contribution < 1.29 is 9.53 Å². The van der Waals surface area contributed by atoms with E-state index in [0.717, 1.165) is 28.0 Å². The Morgan fingerprint density at radius 1 is 1.08 bits per heavy atom. The van der Waals surface area contributed by atoms with Gasteiger partial charge in [0.25, 0.3) is 5.56 Å². The number of benzene rings is 2. The van der Waals surface area contributed by atoms with Crippen LogP contribution in [-0.2, 0) is 17.8 Å². The summed E-state index contributed by atoms with van der Waals surface area (Å²) in [6.45, 7) is 10.1. The Bertz CT molecular complexity index is 1510. The zero-order chi connectivity index (χ0) is 26.0. The number of rotatable bonds is 6. The summed E-state index contributed by atoms with van der Waals surface area (Å²) in [5.74, 6) is 0.647. The van der Waals surface area contributed by atoms with Crippen molar-refractivity contribution in [2.24, 2.45) is 5.92 Å². The van der Waals surface area contributed by atoms with E-state index < -0.39 is 11.7 Å². The second-order valence-electron chi connectivity index (χ2n) is 10.1. The molecule has 2 aromatic carbocycles. The first-order valence-corrected chi connectivity index (χ1v) is 12.6. The van der Waals surface area contributed by atoms with Crippen LogP contribution in [0.1, 0.15) is 40.3 Å². The number of nitrogens with zero attached hydrogens (tertiary/aromatic N) is 2. The number of carbonyl (C=O) groups is 1. The van der Waals surface area contributed by atoms with E-state index in [1.807, 2.05) is 50.2 Å². The van der Waals surface area contributed by atoms with Crippen molar-refractivity contribution in [3.05, 3.63) is 74.2 Å². The van der Waals surface area contributed by atoms with Gasteiger partial charge in [0.2, 0.25) is 0 Å². The van der Waals surface area contributed by atoms with Crippen LogP contribution in [0, 0.1) is 5.92 Å². The fourth-order valence-corrected chi connectivity index (χ4v) is 4.60. The van der Waals surface area contributed by atoms with E-state index in [0.29, 0.717) is 29.0 Å². The normalized spacial score (nSPS) is 11.7. The molecule has 4 rings (SSSR count). The maximum Gasteiger partial charge on any atom is 0.407 e. The van der Waals surface area contributed by atoms with Gasteiger partial charge in [0.15, 0.2) is 5.82 Å². The summed E-state index contributed by atoms with van der Waals surface area (Å²) in [4.78, 5) is 40.5. The Labute approximate surface area is 213 Å². The average Bonchev–Trinajstić information content (AvgIpc) is 3.25. The van der Waals surface area contributed by atoms with Crippen LogP contribution in [0.15, 0.2) is 58.1 Å². The first-order chi connectivity index (χ1) is 17.0. The molecule has 2 N–H and O–H groups in total. The lowest BCUT2D eigenvalue weighted by Crippen LogP contribution is -2.35. The fourth-order valence-electron chi connectivity index (χ4n) is 4.14. The molecule has 0 aliphatic rings. The molecule has 0 fully saturated rings. The van der Waals surface area contributed by atoms with Gasteiger partial charge in [0, 0.05) is 40.3 Å². The molecular formula is C27H30N4O4S. The number of nitrogens with one attached hydrogen (secondary N) is 2. The van der Waals surface area contributed by atoms with Crippen LogP contribution in [0.5, 0.6) is 0 Å². The molecule has 4 aromatic rings. The van der Waals surface area contributed by atoms with Gasteiger partial charge in [-0.1, -0.05) is 50.2 Å².